The summed E-state index contributed by atoms with van der Waals surface area (Å²) in [5, 5.41) is 8.41. The van der Waals surface area contributed by atoms with Gasteiger partial charge in [-0.15, -0.1) is 0 Å². The number of ether oxygens (including phenoxy) is 2. The van der Waals surface area contributed by atoms with Crippen LogP contribution in [0.25, 0.3) is 0 Å². The molecular weight excluding hydrogens is 382 g/mol. The number of rotatable bonds is 8. The first-order valence-corrected chi connectivity index (χ1v) is 9.32. The van der Waals surface area contributed by atoms with E-state index in [0.29, 0.717) is 46.6 Å². The van der Waals surface area contributed by atoms with Crippen LogP contribution >= 0.6 is 11.6 Å². The molecular formula is C20H24ClN3O4. The van der Waals surface area contributed by atoms with Crippen LogP contribution in [-0.4, -0.2) is 32.2 Å². The molecule has 2 aromatic rings. The van der Waals surface area contributed by atoms with Crippen molar-refractivity contribution in [3.8, 4) is 11.5 Å². The number of urea groups is 1. The molecule has 2 rings (SSSR count). The molecule has 0 aromatic heterocycles. The normalized spacial score (nSPS) is 10.1. The van der Waals surface area contributed by atoms with Crippen molar-refractivity contribution in [2.45, 2.75) is 20.3 Å². The van der Waals surface area contributed by atoms with Crippen LogP contribution < -0.4 is 25.4 Å². The number of benzene rings is 2. The maximum Gasteiger partial charge on any atom is 0.319 e. The van der Waals surface area contributed by atoms with Gasteiger partial charge in [0.25, 0.3) is 5.91 Å². The molecule has 0 fully saturated rings. The van der Waals surface area contributed by atoms with E-state index in [1.165, 1.54) is 13.2 Å². The maximum absolute atomic E-state index is 12.6. The number of hydrogen-bond donors (Lipinski definition) is 3. The van der Waals surface area contributed by atoms with Gasteiger partial charge in [0.15, 0.2) is 11.5 Å². The molecule has 0 saturated heterocycles. The Bertz CT molecular complexity index is 842. The molecule has 0 saturated carbocycles. The van der Waals surface area contributed by atoms with Crippen molar-refractivity contribution < 1.29 is 19.1 Å². The van der Waals surface area contributed by atoms with Crippen LogP contribution in [0.4, 0.5) is 16.2 Å². The molecule has 0 aliphatic rings. The Hall–Kier alpha value is -2.93. The van der Waals surface area contributed by atoms with Crippen LogP contribution in [0.3, 0.4) is 0 Å². The third kappa shape index (κ3) is 5.79. The second-order valence-corrected chi connectivity index (χ2v) is 6.26. The summed E-state index contributed by atoms with van der Waals surface area (Å²) in [6.45, 7) is 4.82. The van der Waals surface area contributed by atoms with Gasteiger partial charge in [0.2, 0.25) is 0 Å². The van der Waals surface area contributed by atoms with Crippen molar-refractivity contribution in [3.63, 3.8) is 0 Å². The Morgan fingerprint density at radius 2 is 1.79 bits per heavy atom. The van der Waals surface area contributed by atoms with Crippen LogP contribution in [-0.2, 0) is 0 Å². The molecule has 0 unspecified atom stereocenters. The minimum Gasteiger partial charge on any atom is -0.493 e. The topological polar surface area (TPSA) is 88.7 Å². The first-order chi connectivity index (χ1) is 13.5. The van der Waals surface area contributed by atoms with Gasteiger partial charge in [0, 0.05) is 23.5 Å². The first-order valence-electron chi connectivity index (χ1n) is 8.95. The molecule has 3 N–H and O–H groups in total. The second-order valence-electron chi connectivity index (χ2n) is 5.86. The number of carbonyl (C=O) groups is 2. The van der Waals surface area contributed by atoms with E-state index >= 15 is 0 Å². The van der Waals surface area contributed by atoms with Gasteiger partial charge in [-0.25, -0.2) is 4.79 Å². The average Bonchev–Trinajstić information content (AvgIpc) is 2.66. The molecule has 0 aliphatic carbocycles. The number of nitrogens with one attached hydrogen (secondary N) is 3. The molecule has 28 heavy (non-hydrogen) atoms. The molecule has 3 amide bonds. The molecule has 7 nitrogen and oxygen atoms in total. The van der Waals surface area contributed by atoms with Gasteiger partial charge in [-0.05, 0) is 43.7 Å². The summed E-state index contributed by atoms with van der Waals surface area (Å²) in [6.07, 6.45) is 0.822. The predicted octanol–water partition coefficient (Wildman–Crippen LogP) is 4.53. The highest BCUT2D eigenvalue weighted by Crippen LogP contribution is 2.36. The smallest absolute Gasteiger partial charge is 0.319 e. The third-order valence-corrected chi connectivity index (χ3v) is 3.94. The summed E-state index contributed by atoms with van der Waals surface area (Å²) >= 11 is 6.27. The zero-order valence-corrected chi connectivity index (χ0v) is 16.9. The number of hydrogen-bond acceptors (Lipinski definition) is 4. The van der Waals surface area contributed by atoms with Gasteiger partial charge in [-0.3, -0.25) is 4.79 Å². The van der Waals surface area contributed by atoms with Gasteiger partial charge in [0.05, 0.1) is 18.7 Å². The molecule has 0 bridgehead atoms. The minimum atomic E-state index is -0.364. The van der Waals surface area contributed by atoms with Crippen molar-refractivity contribution in [2.75, 3.05) is 30.9 Å². The Morgan fingerprint density at radius 3 is 2.43 bits per heavy atom. The largest absolute Gasteiger partial charge is 0.493 e. The van der Waals surface area contributed by atoms with E-state index in [9.17, 15) is 9.59 Å². The van der Waals surface area contributed by atoms with E-state index in [1.807, 2.05) is 13.8 Å². The lowest BCUT2D eigenvalue weighted by Crippen LogP contribution is -2.28. The lowest BCUT2D eigenvalue weighted by molar-refractivity contribution is 0.102. The fraction of sp³-hybridized carbons (Fsp3) is 0.300. The summed E-state index contributed by atoms with van der Waals surface area (Å²) in [5.41, 5.74) is 1.41. The highest BCUT2D eigenvalue weighted by atomic mass is 35.5. The van der Waals surface area contributed by atoms with E-state index in [4.69, 9.17) is 21.1 Å². The van der Waals surface area contributed by atoms with Crippen molar-refractivity contribution in [1.29, 1.82) is 0 Å². The van der Waals surface area contributed by atoms with E-state index < -0.39 is 0 Å². The van der Waals surface area contributed by atoms with Gasteiger partial charge in [0.1, 0.15) is 0 Å². The van der Waals surface area contributed by atoms with Crippen molar-refractivity contribution in [2.24, 2.45) is 0 Å². The fourth-order valence-electron chi connectivity index (χ4n) is 2.41. The first kappa shape index (κ1) is 21.4. The predicted molar refractivity (Wildman–Crippen MR) is 111 cm³/mol. The molecule has 0 spiro atoms. The molecule has 150 valence electrons. The summed E-state index contributed by atoms with van der Waals surface area (Å²) < 4.78 is 10.9. The summed E-state index contributed by atoms with van der Waals surface area (Å²) in [7, 11) is 1.49. The van der Waals surface area contributed by atoms with E-state index in [0.717, 1.165) is 6.42 Å². The van der Waals surface area contributed by atoms with Gasteiger partial charge >= 0.3 is 6.03 Å². The highest BCUT2D eigenvalue weighted by Gasteiger charge is 2.16. The Balaban J connectivity index is 2.16. The number of methoxy groups -OCH3 is 1. The van der Waals surface area contributed by atoms with Gasteiger partial charge in [-0.1, -0.05) is 24.6 Å². The molecule has 0 aliphatic heterocycles. The van der Waals surface area contributed by atoms with Crippen LogP contribution in [0, 0.1) is 0 Å². The molecule has 0 atom stereocenters. The molecule has 0 heterocycles. The monoisotopic (exact) mass is 405 g/mol. The number of carbonyl (C=O) groups excluding carboxylic acids is 2. The Kier molecular flexibility index (Phi) is 7.95. The average molecular weight is 406 g/mol. The molecule has 8 heteroatoms. The number of halogens is 1. The van der Waals surface area contributed by atoms with E-state index in [1.54, 1.807) is 30.3 Å². The van der Waals surface area contributed by atoms with Crippen LogP contribution in [0.5, 0.6) is 11.5 Å². The summed E-state index contributed by atoms with van der Waals surface area (Å²) in [4.78, 5) is 24.3. The molecule has 2 aromatic carbocycles. The van der Waals surface area contributed by atoms with E-state index in [2.05, 4.69) is 16.0 Å². The lowest BCUT2D eigenvalue weighted by Gasteiger charge is -2.14. The SMILES string of the molecule is CCCOc1c(Cl)cc(C(=O)Nc2cccc(NC(=O)NCC)c2)cc1OC. The summed E-state index contributed by atoms with van der Waals surface area (Å²) in [6, 6.07) is 9.62. The zero-order chi connectivity index (χ0) is 20.5. The second kappa shape index (κ2) is 10.4. The maximum atomic E-state index is 12.6. The van der Waals surface area contributed by atoms with Crippen LogP contribution in [0.1, 0.15) is 30.6 Å². The number of anilines is 2. The highest BCUT2D eigenvalue weighted by molar-refractivity contribution is 6.32. The van der Waals surface area contributed by atoms with Crippen molar-refractivity contribution >= 4 is 34.9 Å². The Labute approximate surface area is 169 Å². The molecule has 0 radical (unpaired) electrons. The quantitative estimate of drug-likeness (QED) is 0.602. The standard InChI is InChI=1S/C20H24ClN3O4/c1-4-9-28-18-16(21)10-13(11-17(18)27-3)19(25)23-14-7-6-8-15(12-14)24-20(26)22-5-2/h6-8,10-12H,4-5,9H2,1-3H3,(H,23,25)(H2,22,24,26). The fourth-order valence-corrected chi connectivity index (χ4v) is 2.67. The third-order valence-electron chi connectivity index (χ3n) is 3.66. The van der Waals surface area contributed by atoms with Crippen LogP contribution in [0.2, 0.25) is 5.02 Å². The lowest BCUT2D eigenvalue weighted by atomic mass is 10.1. The summed E-state index contributed by atoms with van der Waals surface area (Å²) in [5.74, 6) is 0.436. The number of amides is 3. The van der Waals surface area contributed by atoms with Gasteiger partial charge in [-0.2, -0.15) is 0 Å². The van der Waals surface area contributed by atoms with Crippen molar-refractivity contribution in [3.05, 3.63) is 47.0 Å². The zero-order valence-electron chi connectivity index (χ0n) is 16.1. The van der Waals surface area contributed by atoms with Crippen molar-refractivity contribution in [1.82, 2.24) is 5.32 Å². The van der Waals surface area contributed by atoms with Gasteiger partial charge < -0.3 is 25.4 Å². The van der Waals surface area contributed by atoms with Crippen LogP contribution in [0.15, 0.2) is 36.4 Å². The Morgan fingerprint density at radius 1 is 1.07 bits per heavy atom. The minimum absolute atomic E-state index is 0.296. The van der Waals surface area contributed by atoms with E-state index in [-0.39, 0.29) is 11.9 Å².